The molecule has 0 aliphatic carbocycles. The van der Waals surface area contributed by atoms with E-state index < -0.39 is 0 Å². The fourth-order valence-corrected chi connectivity index (χ4v) is 3.64. The molecule has 1 saturated heterocycles. The Morgan fingerprint density at radius 1 is 1.19 bits per heavy atom. The SMILES string of the molecule is c1ccc2c3c([nH]c2c1)[C@@H](CCN1CCOCC1)NCC3. The first-order valence-corrected chi connectivity index (χ1v) is 8.05. The highest BCUT2D eigenvalue weighted by molar-refractivity contribution is 5.85. The van der Waals surface area contributed by atoms with Crippen LogP contribution < -0.4 is 5.32 Å². The van der Waals surface area contributed by atoms with Crippen molar-refractivity contribution >= 4 is 10.9 Å². The van der Waals surface area contributed by atoms with Crippen LogP contribution in [0.25, 0.3) is 10.9 Å². The van der Waals surface area contributed by atoms with Gasteiger partial charge >= 0.3 is 0 Å². The summed E-state index contributed by atoms with van der Waals surface area (Å²) in [5.74, 6) is 0. The molecule has 0 unspecified atom stereocenters. The maximum absolute atomic E-state index is 5.42. The molecule has 2 aromatic rings. The van der Waals surface area contributed by atoms with Gasteiger partial charge in [-0.2, -0.15) is 0 Å². The lowest BCUT2D eigenvalue weighted by Crippen LogP contribution is -2.39. The van der Waals surface area contributed by atoms with E-state index in [1.807, 2.05) is 0 Å². The summed E-state index contributed by atoms with van der Waals surface area (Å²) >= 11 is 0. The summed E-state index contributed by atoms with van der Waals surface area (Å²) in [6.07, 6.45) is 2.30. The molecule has 3 heterocycles. The van der Waals surface area contributed by atoms with Gasteiger partial charge in [-0.15, -0.1) is 0 Å². The van der Waals surface area contributed by atoms with Crippen LogP contribution in [-0.4, -0.2) is 49.3 Å². The van der Waals surface area contributed by atoms with Crippen LogP contribution in [0.2, 0.25) is 0 Å². The third kappa shape index (κ3) is 2.59. The predicted molar refractivity (Wildman–Crippen MR) is 84.6 cm³/mol. The van der Waals surface area contributed by atoms with Crippen LogP contribution in [0.15, 0.2) is 24.3 Å². The van der Waals surface area contributed by atoms with Crippen molar-refractivity contribution in [3.63, 3.8) is 0 Å². The maximum Gasteiger partial charge on any atom is 0.0594 e. The van der Waals surface area contributed by atoms with E-state index in [4.69, 9.17) is 4.74 Å². The molecule has 0 saturated carbocycles. The molecule has 1 fully saturated rings. The monoisotopic (exact) mass is 285 g/mol. The van der Waals surface area contributed by atoms with E-state index in [2.05, 4.69) is 39.5 Å². The first kappa shape index (κ1) is 13.3. The lowest BCUT2D eigenvalue weighted by Gasteiger charge is -2.30. The second-order valence-electron chi connectivity index (χ2n) is 6.06. The molecule has 4 nitrogen and oxygen atoms in total. The Morgan fingerprint density at radius 2 is 2.05 bits per heavy atom. The van der Waals surface area contributed by atoms with Crippen LogP contribution in [0.1, 0.15) is 23.7 Å². The van der Waals surface area contributed by atoms with E-state index in [0.29, 0.717) is 6.04 Å². The molecule has 112 valence electrons. The standard InChI is InChI=1S/C17H23N3O/c1-2-4-15-13(3-1)14-5-7-18-16(17(14)19-15)6-8-20-9-11-21-12-10-20/h1-4,16,18-19H,5-12H2/t16-/m1/s1. The van der Waals surface area contributed by atoms with Crippen LogP contribution in [0.5, 0.6) is 0 Å². The second kappa shape index (κ2) is 5.79. The lowest BCUT2D eigenvalue weighted by atomic mass is 9.97. The number of aromatic nitrogens is 1. The first-order valence-electron chi connectivity index (χ1n) is 8.05. The highest BCUT2D eigenvalue weighted by Gasteiger charge is 2.24. The number of fused-ring (bicyclic) bond motifs is 3. The van der Waals surface area contributed by atoms with Gasteiger partial charge in [0.2, 0.25) is 0 Å². The molecule has 0 bridgehead atoms. The molecular weight excluding hydrogens is 262 g/mol. The number of morpholine rings is 1. The molecule has 1 aromatic heterocycles. The summed E-state index contributed by atoms with van der Waals surface area (Å²) in [5.41, 5.74) is 4.22. The topological polar surface area (TPSA) is 40.3 Å². The molecule has 21 heavy (non-hydrogen) atoms. The van der Waals surface area contributed by atoms with Crippen LogP contribution >= 0.6 is 0 Å². The van der Waals surface area contributed by atoms with Crippen molar-refractivity contribution < 1.29 is 4.74 Å². The molecule has 0 amide bonds. The van der Waals surface area contributed by atoms with Gasteiger partial charge in [-0.25, -0.2) is 0 Å². The molecule has 4 heteroatoms. The van der Waals surface area contributed by atoms with Gasteiger partial charge in [0.1, 0.15) is 0 Å². The number of ether oxygens (including phenoxy) is 1. The molecule has 2 aliphatic rings. The summed E-state index contributed by atoms with van der Waals surface area (Å²) in [6, 6.07) is 9.15. The van der Waals surface area contributed by atoms with E-state index in [-0.39, 0.29) is 0 Å². The zero-order valence-corrected chi connectivity index (χ0v) is 12.4. The number of hydrogen-bond donors (Lipinski definition) is 2. The molecule has 2 aliphatic heterocycles. The van der Waals surface area contributed by atoms with Crippen LogP contribution in [-0.2, 0) is 11.2 Å². The van der Waals surface area contributed by atoms with Crippen molar-refractivity contribution in [2.75, 3.05) is 39.4 Å². The van der Waals surface area contributed by atoms with Gasteiger partial charge in [0.25, 0.3) is 0 Å². The van der Waals surface area contributed by atoms with E-state index >= 15 is 0 Å². The first-order chi connectivity index (χ1) is 10.4. The lowest BCUT2D eigenvalue weighted by molar-refractivity contribution is 0.0360. The molecule has 1 atom stereocenters. The minimum Gasteiger partial charge on any atom is -0.379 e. The summed E-state index contributed by atoms with van der Waals surface area (Å²) in [5, 5.41) is 5.09. The Labute approximate surface area is 125 Å². The number of nitrogens with one attached hydrogen (secondary N) is 2. The van der Waals surface area contributed by atoms with Gasteiger partial charge in [0, 0.05) is 42.3 Å². The Hall–Kier alpha value is -1.36. The summed E-state index contributed by atoms with van der Waals surface area (Å²) in [4.78, 5) is 6.16. The largest absolute Gasteiger partial charge is 0.379 e. The number of para-hydroxylation sites is 1. The Kier molecular flexibility index (Phi) is 3.67. The fourth-order valence-electron chi connectivity index (χ4n) is 3.64. The van der Waals surface area contributed by atoms with Gasteiger partial charge in [-0.05, 0) is 31.0 Å². The van der Waals surface area contributed by atoms with Gasteiger partial charge in [-0.1, -0.05) is 18.2 Å². The zero-order valence-electron chi connectivity index (χ0n) is 12.4. The molecule has 0 radical (unpaired) electrons. The van der Waals surface area contributed by atoms with E-state index in [1.165, 1.54) is 28.6 Å². The number of aromatic amines is 1. The Bertz CT molecular complexity index is 616. The van der Waals surface area contributed by atoms with Crippen LogP contribution in [0.3, 0.4) is 0 Å². The Balaban J connectivity index is 1.52. The third-order valence-electron chi connectivity index (χ3n) is 4.80. The number of benzene rings is 1. The predicted octanol–water partition coefficient (Wildman–Crippen LogP) is 2.08. The fraction of sp³-hybridized carbons (Fsp3) is 0.529. The van der Waals surface area contributed by atoms with Crippen molar-refractivity contribution in [3.8, 4) is 0 Å². The van der Waals surface area contributed by atoms with E-state index in [9.17, 15) is 0 Å². The third-order valence-corrected chi connectivity index (χ3v) is 4.80. The van der Waals surface area contributed by atoms with Crippen molar-refractivity contribution in [3.05, 3.63) is 35.5 Å². The van der Waals surface area contributed by atoms with E-state index in [0.717, 1.165) is 45.8 Å². The van der Waals surface area contributed by atoms with Gasteiger partial charge in [0.15, 0.2) is 0 Å². The second-order valence-corrected chi connectivity index (χ2v) is 6.06. The number of nitrogens with zero attached hydrogens (tertiary/aromatic N) is 1. The summed E-state index contributed by atoms with van der Waals surface area (Å²) in [7, 11) is 0. The van der Waals surface area contributed by atoms with Crippen molar-refractivity contribution in [1.82, 2.24) is 15.2 Å². The highest BCUT2D eigenvalue weighted by Crippen LogP contribution is 2.31. The van der Waals surface area contributed by atoms with Gasteiger partial charge in [-0.3, -0.25) is 4.90 Å². The average molecular weight is 285 g/mol. The van der Waals surface area contributed by atoms with Crippen LogP contribution in [0, 0.1) is 0 Å². The number of rotatable bonds is 3. The molecular formula is C17H23N3O. The quantitative estimate of drug-likeness (QED) is 0.907. The van der Waals surface area contributed by atoms with Crippen molar-refractivity contribution in [2.45, 2.75) is 18.9 Å². The van der Waals surface area contributed by atoms with Crippen LogP contribution in [0.4, 0.5) is 0 Å². The zero-order chi connectivity index (χ0) is 14.1. The number of H-pyrrole nitrogens is 1. The van der Waals surface area contributed by atoms with Gasteiger partial charge in [0.05, 0.1) is 13.2 Å². The summed E-state index contributed by atoms with van der Waals surface area (Å²) in [6.45, 7) is 6.16. The smallest absolute Gasteiger partial charge is 0.0594 e. The van der Waals surface area contributed by atoms with Crippen molar-refractivity contribution in [1.29, 1.82) is 0 Å². The molecule has 2 N–H and O–H groups in total. The van der Waals surface area contributed by atoms with Crippen molar-refractivity contribution in [2.24, 2.45) is 0 Å². The average Bonchev–Trinajstić information content (AvgIpc) is 2.93. The minimum atomic E-state index is 0.462. The maximum atomic E-state index is 5.42. The van der Waals surface area contributed by atoms with Gasteiger partial charge < -0.3 is 15.0 Å². The molecule has 1 aromatic carbocycles. The number of hydrogen-bond acceptors (Lipinski definition) is 3. The molecule has 0 spiro atoms. The highest BCUT2D eigenvalue weighted by atomic mass is 16.5. The minimum absolute atomic E-state index is 0.462. The summed E-state index contributed by atoms with van der Waals surface area (Å²) < 4.78 is 5.42. The van der Waals surface area contributed by atoms with E-state index in [1.54, 1.807) is 0 Å². The normalized spacial score (nSPS) is 23.3. The Morgan fingerprint density at radius 3 is 2.95 bits per heavy atom. The molecule has 4 rings (SSSR count).